The number of carbonyl (C=O) groups excluding carboxylic acids is 9. The maximum absolute atomic E-state index is 15.8. The molecular weight excluding hydrogens is 1240 g/mol. The summed E-state index contributed by atoms with van der Waals surface area (Å²) in [6.07, 6.45) is -1.85. The van der Waals surface area contributed by atoms with Crippen molar-refractivity contribution in [2.45, 2.75) is 188 Å². The van der Waals surface area contributed by atoms with Gasteiger partial charge in [-0.3, -0.25) is 38.4 Å². The van der Waals surface area contributed by atoms with E-state index in [2.05, 4.69) is 26.2 Å². The number of halogens is 1. The van der Waals surface area contributed by atoms with Crippen molar-refractivity contribution in [1.82, 2.24) is 45.8 Å². The van der Waals surface area contributed by atoms with Gasteiger partial charge < -0.3 is 70.6 Å². The van der Waals surface area contributed by atoms with E-state index in [4.69, 9.17) is 21.1 Å². The van der Waals surface area contributed by atoms with Crippen molar-refractivity contribution < 1.29 is 67.9 Å². The van der Waals surface area contributed by atoms with E-state index in [0.717, 1.165) is 55.4 Å². The Morgan fingerprint density at radius 3 is 2.18 bits per heavy atom. The zero-order valence-electron chi connectivity index (χ0n) is 53.9. The Kier molecular flexibility index (Phi) is 24.6. The molecular formula is C66H94ClN9O14S2. The molecule has 2 aromatic carbocycles. The molecule has 8 saturated heterocycles. The molecule has 26 heteroatoms. The molecule has 7 N–H and O–H groups in total. The number of hydrogen-bond acceptors (Lipinski definition) is 18. The Hall–Kier alpha value is -5.38. The largest absolute Gasteiger partial charge is 0.458 e. The lowest BCUT2D eigenvalue weighted by Crippen LogP contribution is -2.65. The van der Waals surface area contributed by atoms with Crippen LogP contribution in [0.5, 0.6) is 0 Å². The van der Waals surface area contributed by atoms with E-state index < -0.39 is 137 Å². The van der Waals surface area contributed by atoms with Crippen LogP contribution in [-0.4, -0.2) is 247 Å². The number of amides is 7. The van der Waals surface area contributed by atoms with E-state index in [1.807, 2.05) is 43.0 Å². The number of nitrogens with zero attached hydrogens (tertiary/aromatic N) is 5. The number of aryl methyl sites for hydroxylation is 1. The summed E-state index contributed by atoms with van der Waals surface area (Å²) in [6.45, 7) is 12.6. The number of aliphatic hydroxyl groups excluding tert-OH is 3. The van der Waals surface area contributed by atoms with E-state index in [0.29, 0.717) is 42.7 Å². The molecule has 8 aliphatic heterocycles. The topological polar surface area (TPSA) is 297 Å². The Morgan fingerprint density at radius 1 is 0.815 bits per heavy atom. The molecule has 0 saturated carbocycles. The molecule has 8 aliphatic rings. The summed E-state index contributed by atoms with van der Waals surface area (Å²) in [5, 5.41) is 43.1. The number of hydrogen-bond donors (Lipinski definition) is 7. The predicted molar refractivity (Wildman–Crippen MR) is 348 cm³/mol. The van der Waals surface area contributed by atoms with Gasteiger partial charge in [-0.25, -0.2) is 4.79 Å². The summed E-state index contributed by atoms with van der Waals surface area (Å²) < 4.78 is 12.1. The van der Waals surface area contributed by atoms with Gasteiger partial charge >= 0.3 is 5.97 Å². The molecule has 92 heavy (non-hydrogen) atoms. The number of carbonyl (C=O) groups is 9. The lowest BCUT2D eigenvalue weighted by molar-refractivity contribution is -0.205. The van der Waals surface area contributed by atoms with Crippen LogP contribution >= 0.6 is 35.1 Å². The van der Waals surface area contributed by atoms with E-state index in [-0.39, 0.29) is 81.5 Å². The molecule has 18 atom stereocenters. The fraction of sp³-hybridized carbons (Fsp3) is 0.682. The van der Waals surface area contributed by atoms with Crippen LogP contribution in [0.1, 0.15) is 108 Å². The molecule has 10 rings (SSSR count). The summed E-state index contributed by atoms with van der Waals surface area (Å²) in [5.41, 5.74) is 1.09. The zero-order valence-corrected chi connectivity index (χ0v) is 56.3. The Labute approximate surface area is 553 Å². The average molecular weight is 1340 g/mol. The van der Waals surface area contributed by atoms with Crippen LogP contribution in [0.3, 0.4) is 0 Å². The van der Waals surface area contributed by atoms with Crippen LogP contribution in [-0.2, 0) is 59.0 Å². The molecule has 2 bridgehead atoms. The molecule has 0 aliphatic carbocycles. The van der Waals surface area contributed by atoms with Gasteiger partial charge in [-0.15, -0.1) is 23.4 Å². The number of cyclic esters (lactones) is 1. The first-order valence-corrected chi connectivity index (χ1v) is 35.6. The number of thioether (sulfide) groups is 2. The van der Waals surface area contributed by atoms with E-state index in [9.17, 15) is 44.1 Å². The number of esters is 1. The molecule has 0 spiro atoms. The maximum Gasteiger partial charge on any atom is 0.333 e. The van der Waals surface area contributed by atoms with Crippen molar-refractivity contribution in [1.29, 1.82) is 0 Å². The number of rotatable bonds is 17. The van der Waals surface area contributed by atoms with Crippen molar-refractivity contribution in [2.75, 3.05) is 71.4 Å². The second kappa shape index (κ2) is 31.9. The summed E-state index contributed by atoms with van der Waals surface area (Å²) in [5.74, 6) is -5.94. The Bertz CT molecular complexity index is 2950. The summed E-state index contributed by atoms with van der Waals surface area (Å²) in [7, 11) is 1.52. The number of alkyl halides is 1. The van der Waals surface area contributed by atoms with Crippen LogP contribution in [0.15, 0.2) is 54.6 Å². The maximum atomic E-state index is 15.8. The van der Waals surface area contributed by atoms with Crippen LogP contribution in [0, 0.1) is 30.6 Å². The number of likely N-dealkylation sites (N-methyl/N-ethyl adjacent to an activating group) is 1. The summed E-state index contributed by atoms with van der Waals surface area (Å²) in [4.78, 5) is 143. The first-order valence-electron chi connectivity index (χ1n) is 32.8. The standard InChI is InChI=1S/C66H94ClN9O14S2/c1-8-39-28-43(59(82)70-52(37(4)67)58-56(80)55(79)57(81)66(90-58)91-7)32-74(31-39)27-23-51(78)69-53-38(5)89-65(88)54(42-14-11-10-12-15-42)71-60(83)47-30-49(77)44(35-92-50-34-73-25-21-41(50)22-26-73)33-76(47)64(87)48(29-40-19-17-36(3)18-20-40)72(6)63(86)46-16-13-24-75(46)62(85)45(9-2)68-61(53)84/h10-12,14-15,17-20,37-39,41,43-48,50,52-58,66,79-81H,8-9,13,16,21-35H2,1-7H3,(H,68,84)(H,69,78)(H,70,82)(H,71,83)/t37?,38-,39?,43?,44+,45?,46+,47+,48+,50?,52?,53+,54+,55-,56-,57?,58?,66-/m1/s1. The fourth-order valence-corrected chi connectivity index (χ4v) is 16.9. The molecule has 0 aromatic heterocycles. The molecule has 506 valence electrons. The molecule has 23 nitrogen and oxygen atoms in total. The third-order valence-electron chi connectivity index (χ3n) is 20.1. The highest BCUT2D eigenvalue weighted by Gasteiger charge is 2.51. The molecule has 8 fully saturated rings. The highest BCUT2D eigenvalue weighted by Crippen LogP contribution is 2.38. The normalized spacial score (nSPS) is 34.5. The zero-order chi connectivity index (χ0) is 66.2. The summed E-state index contributed by atoms with van der Waals surface area (Å²) in [6, 6.07) is 6.69. The minimum atomic E-state index is -1.63. The first kappa shape index (κ1) is 70.9. The van der Waals surface area contributed by atoms with E-state index in [1.54, 1.807) is 62.2 Å². The third kappa shape index (κ3) is 16.6. The number of ether oxygens (including phenoxy) is 2. The van der Waals surface area contributed by atoms with E-state index >= 15 is 14.4 Å². The number of piperidine rings is 5. The van der Waals surface area contributed by atoms with Gasteiger partial charge in [-0.1, -0.05) is 80.4 Å². The van der Waals surface area contributed by atoms with Crippen LogP contribution < -0.4 is 21.3 Å². The monoisotopic (exact) mass is 1340 g/mol. The van der Waals surface area contributed by atoms with Crippen LogP contribution in [0.2, 0.25) is 0 Å². The molecule has 8 heterocycles. The SMILES string of the molecule is CCC1CC(C(=O)NC(C(C)Cl)C2O[C@H](SC)C(O)[C@H](O)[C@H]2O)CN(CCC(=O)N[C@@H]2C(=O)NC(CC)C(=O)N3CCC[C@H]3C(=O)N(C)[C@@H](Cc3ccc(C)cc3)C(=O)N3C[C@@H](CSC4CN5CCC4CC5)C(=O)C[C@H]3C(=O)N[C@@H](c3ccccc3)C(=O)O[C@@H]2C)C1. The summed E-state index contributed by atoms with van der Waals surface area (Å²) >= 11 is 9.49. The lowest BCUT2D eigenvalue weighted by atomic mass is 9.86. The number of likely N-dealkylation sites (tertiary alicyclic amines) is 1. The van der Waals surface area contributed by atoms with Gasteiger partial charge in [-0.2, -0.15) is 11.8 Å². The van der Waals surface area contributed by atoms with Crippen molar-refractivity contribution in [3.05, 3.63) is 71.3 Å². The van der Waals surface area contributed by atoms with Crippen molar-refractivity contribution in [3.8, 4) is 0 Å². The van der Waals surface area contributed by atoms with Crippen molar-refractivity contribution in [2.24, 2.45) is 23.7 Å². The van der Waals surface area contributed by atoms with Gasteiger partial charge in [-0.05, 0) is 102 Å². The second-order valence-corrected chi connectivity index (χ2v) is 29.2. The minimum absolute atomic E-state index is 0.0237. The minimum Gasteiger partial charge on any atom is -0.458 e. The van der Waals surface area contributed by atoms with Gasteiger partial charge in [0, 0.05) is 82.5 Å². The molecule has 8 unspecified atom stereocenters. The highest BCUT2D eigenvalue weighted by atomic mass is 35.5. The van der Waals surface area contributed by atoms with Gasteiger partial charge in [0.15, 0.2) is 6.04 Å². The molecule has 7 amide bonds. The number of aliphatic hydroxyl groups is 3. The average Bonchev–Trinajstić information content (AvgIpc) is 1.06. The fourth-order valence-electron chi connectivity index (χ4n) is 14.4. The number of benzene rings is 2. The number of nitrogens with one attached hydrogen (secondary N) is 4. The number of Topliss-reactive ketones (excluding diaryl/α,β-unsaturated/α-hetero) is 1. The Morgan fingerprint density at radius 2 is 1.53 bits per heavy atom. The van der Waals surface area contributed by atoms with Gasteiger partial charge in [0.05, 0.1) is 17.3 Å². The quantitative estimate of drug-likeness (QED) is 0.0882. The van der Waals surface area contributed by atoms with Gasteiger partial charge in [0.1, 0.15) is 71.9 Å². The molecule has 2 aromatic rings. The van der Waals surface area contributed by atoms with Crippen molar-refractivity contribution in [3.63, 3.8) is 0 Å². The number of fused-ring (bicyclic) bond motifs is 5. The van der Waals surface area contributed by atoms with Crippen LogP contribution in [0.25, 0.3) is 0 Å². The van der Waals surface area contributed by atoms with Gasteiger partial charge in [0.2, 0.25) is 41.4 Å². The van der Waals surface area contributed by atoms with Gasteiger partial charge in [0.25, 0.3) is 0 Å². The smallest absolute Gasteiger partial charge is 0.333 e. The van der Waals surface area contributed by atoms with Crippen LogP contribution in [0.4, 0.5) is 0 Å². The predicted octanol–water partition coefficient (Wildman–Crippen LogP) is 2.17. The highest BCUT2D eigenvalue weighted by molar-refractivity contribution is 8.00. The first-order chi connectivity index (χ1) is 44.0. The Balaban J connectivity index is 0.987. The van der Waals surface area contributed by atoms with E-state index in [1.165, 1.54) is 28.7 Å². The number of ketones is 1. The second-order valence-electron chi connectivity index (χ2n) is 26.3. The lowest BCUT2D eigenvalue weighted by Gasteiger charge is -2.45. The molecule has 0 radical (unpaired) electrons. The van der Waals surface area contributed by atoms with Crippen molar-refractivity contribution >= 4 is 88.2 Å². The third-order valence-corrected chi connectivity index (χ3v) is 22.8.